The zero-order valence-electron chi connectivity index (χ0n) is 20.2. The average molecular weight is 484 g/mol. The van der Waals surface area contributed by atoms with Gasteiger partial charge in [0.05, 0.1) is 30.2 Å². The molecule has 7 nitrogen and oxygen atoms in total. The van der Waals surface area contributed by atoms with Crippen molar-refractivity contribution in [1.82, 2.24) is 0 Å². The van der Waals surface area contributed by atoms with Crippen molar-refractivity contribution >= 4 is 28.3 Å². The predicted molar refractivity (Wildman–Crippen MR) is 136 cm³/mol. The van der Waals surface area contributed by atoms with Crippen LogP contribution in [0.1, 0.15) is 58.9 Å². The van der Waals surface area contributed by atoms with Crippen molar-refractivity contribution < 1.29 is 23.5 Å². The standard InChI is InChI=1S/C29H25NO6/c1-4-34-23-15-12-19(16-24(23)35-5-2)26-25-27(32)21-8-6-7-9-22(21)36-28(25)29(33)30(26)20-13-10-18(11-14-20)17(3)31/h6-16,26H,4-5H2,1-3H3. The summed E-state index contributed by atoms with van der Waals surface area (Å²) in [6.07, 6.45) is 0. The van der Waals surface area contributed by atoms with Crippen LogP contribution in [0.5, 0.6) is 11.5 Å². The average Bonchev–Trinajstić information content (AvgIpc) is 3.18. The van der Waals surface area contributed by atoms with E-state index in [1.807, 2.05) is 19.9 Å². The fraction of sp³-hybridized carbons (Fsp3) is 0.207. The van der Waals surface area contributed by atoms with Crippen molar-refractivity contribution in [1.29, 1.82) is 0 Å². The number of benzene rings is 3. The third kappa shape index (κ3) is 3.82. The van der Waals surface area contributed by atoms with Crippen LogP contribution in [0, 0.1) is 0 Å². The van der Waals surface area contributed by atoms with Crippen LogP contribution in [0.25, 0.3) is 11.0 Å². The molecular formula is C29H25NO6. The van der Waals surface area contributed by atoms with E-state index in [2.05, 4.69) is 0 Å². The lowest BCUT2D eigenvalue weighted by Gasteiger charge is -2.26. The van der Waals surface area contributed by atoms with Gasteiger partial charge < -0.3 is 13.9 Å². The zero-order valence-corrected chi connectivity index (χ0v) is 20.2. The summed E-state index contributed by atoms with van der Waals surface area (Å²) in [5.41, 5.74) is 2.09. The van der Waals surface area contributed by atoms with E-state index in [0.717, 1.165) is 0 Å². The Hall–Kier alpha value is -4.39. The number of rotatable bonds is 7. The first-order valence-corrected chi connectivity index (χ1v) is 11.8. The fourth-order valence-electron chi connectivity index (χ4n) is 4.60. The van der Waals surface area contributed by atoms with Crippen molar-refractivity contribution in [3.63, 3.8) is 0 Å². The van der Waals surface area contributed by atoms with Gasteiger partial charge in [0.25, 0.3) is 5.91 Å². The highest BCUT2D eigenvalue weighted by atomic mass is 16.5. The number of amides is 1. The van der Waals surface area contributed by atoms with Crippen molar-refractivity contribution in [3.8, 4) is 11.5 Å². The minimum Gasteiger partial charge on any atom is -0.490 e. The normalized spacial score (nSPS) is 14.7. The van der Waals surface area contributed by atoms with Gasteiger partial charge in [-0.05, 0) is 74.9 Å². The van der Waals surface area contributed by atoms with Crippen LogP contribution in [0.2, 0.25) is 0 Å². The van der Waals surface area contributed by atoms with E-state index >= 15 is 0 Å². The second-order valence-corrected chi connectivity index (χ2v) is 8.42. The molecule has 3 aromatic carbocycles. The first-order valence-electron chi connectivity index (χ1n) is 11.8. The largest absolute Gasteiger partial charge is 0.490 e. The van der Waals surface area contributed by atoms with Gasteiger partial charge in [0, 0.05) is 11.3 Å². The van der Waals surface area contributed by atoms with Gasteiger partial charge >= 0.3 is 0 Å². The summed E-state index contributed by atoms with van der Waals surface area (Å²) in [6, 6.07) is 18.3. The Balaban J connectivity index is 1.75. The number of nitrogens with zero attached hydrogens (tertiary/aromatic N) is 1. The summed E-state index contributed by atoms with van der Waals surface area (Å²) in [5, 5.41) is 0.402. The maximum absolute atomic E-state index is 13.7. The number of hydrogen-bond acceptors (Lipinski definition) is 6. The molecule has 0 N–H and O–H groups in total. The molecule has 0 spiro atoms. The molecule has 5 rings (SSSR count). The van der Waals surface area contributed by atoms with Gasteiger partial charge in [-0.15, -0.1) is 0 Å². The summed E-state index contributed by atoms with van der Waals surface area (Å²) in [5.74, 6) is 0.599. The fourth-order valence-corrected chi connectivity index (χ4v) is 4.60. The Morgan fingerprint density at radius 1 is 0.917 bits per heavy atom. The lowest BCUT2D eigenvalue weighted by Crippen LogP contribution is -2.29. The van der Waals surface area contributed by atoms with Gasteiger partial charge in [-0.1, -0.05) is 18.2 Å². The van der Waals surface area contributed by atoms with Gasteiger partial charge in [-0.2, -0.15) is 0 Å². The predicted octanol–water partition coefficient (Wildman–Crippen LogP) is 5.54. The van der Waals surface area contributed by atoms with Gasteiger partial charge in [0.15, 0.2) is 22.7 Å². The molecule has 0 bridgehead atoms. The lowest BCUT2D eigenvalue weighted by atomic mass is 9.97. The van der Waals surface area contributed by atoms with E-state index in [-0.39, 0.29) is 22.5 Å². The number of Topliss-reactive ketones (excluding diaryl/α,β-unsaturated/α-hetero) is 1. The van der Waals surface area contributed by atoms with Crippen LogP contribution in [0.4, 0.5) is 5.69 Å². The molecule has 0 aliphatic carbocycles. The Bertz CT molecular complexity index is 1540. The molecule has 1 aliphatic heterocycles. The second-order valence-electron chi connectivity index (χ2n) is 8.42. The molecular weight excluding hydrogens is 458 g/mol. The minimum absolute atomic E-state index is 0.00573. The molecule has 7 heteroatoms. The van der Waals surface area contributed by atoms with Crippen LogP contribution in [-0.2, 0) is 0 Å². The van der Waals surface area contributed by atoms with Gasteiger partial charge in [-0.25, -0.2) is 0 Å². The Kier molecular flexibility index (Phi) is 6.06. The molecule has 0 saturated heterocycles. The van der Waals surface area contributed by atoms with Crippen molar-refractivity contribution in [2.24, 2.45) is 0 Å². The highest BCUT2D eigenvalue weighted by Gasteiger charge is 2.44. The van der Waals surface area contributed by atoms with Gasteiger partial charge in [0.1, 0.15) is 5.58 Å². The molecule has 1 aromatic heterocycles. The summed E-state index contributed by atoms with van der Waals surface area (Å²) in [7, 11) is 0. The maximum Gasteiger partial charge on any atom is 0.295 e. The second kappa shape index (κ2) is 9.34. The van der Waals surface area contributed by atoms with Crippen molar-refractivity contribution in [2.75, 3.05) is 18.1 Å². The molecule has 36 heavy (non-hydrogen) atoms. The molecule has 0 fully saturated rings. The number of fused-ring (bicyclic) bond motifs is 2. The van der Waals surface area contributed by atoms with Crippen LogP contribution in [0.15, 0.2) is 75.9 Å². The van der Waals surface area contributed by atoms with Crippen molar-refractivity contribution in [3.05, 3.63) is 99.4 Å². The number of para-hydroxylation sites is 1. The van der Waals surface area contributed by atoms with E-state index in [1.54, 1.807) is 60.7 Å². The van der Waals surface area contributed by atoms with E-state index in [1.165, 1.54) is 11.8 Å². The van der Waals surface area contributed by atoms with E-state index in [4.69, 9.17) is 13.9 Å². The summed E-state index contributed by atoms with van der Waals surface area (Å²) >= 11 is 0. The number of ether oxygens (including phenoxy) is 2. The minimum atomic E-state index is -0.758. The molecule has 1 atom stereocenters. The molecule has 0 radical (unpaired) electrons. The van der Waals surface area contributed by atoms with E-state index in [0.29, 0.717) is 52.5 Å². The van der Waals surface area contributed by atoms with Gasteiger partial charge in [0.2, 0.25) is 5.76 Å². The lowest BCUT2D eigenvalue weighted by molar-refractivity contribution is 0.0970. The van der Waals surface area contributed by atoms with Crippen LogP contribution >= 0.6 is 0 Å². The molecule has 1 unspecified atom stereocenters. The van der Waals surface area contributed by atoms with E-state index in [9.17, 15) is 14.4 Å². The molecule has 4 aromatic rings. The Labute approximate surface area is 207 Å². The number of hydrogen-bond donors (Lipinski definition) is 0. The highest BCUT2D eigenvalue weighted by Crippen LogP contribution is 2.43. The number of ketones is 1. The molecule has 2 heterocycles. The monoisotopic (exact) mass is 483 g/mol. The quantitative estimate of drug-likeness (QED) is 0.321. The Morgan fingerprint density at radius 3 is 2.31 bits per heavy atom. The van der Waals surface area contributed by atoms with Crippen LogP contribution in [-0.4, -0.2) is 24.9 Å². The number of anilines is 1. The first-order chi connectivity index (χ1) is 17.4. The highest BCUT2D eigenvalue weighted by molar-refractivity contribution is 6.11. The smallest absolute Gasteiger partial charge is 0.295 e. The SMILES string of the molecule is CCOc1ccc(C2c3c(oc4ccccc4c3=O)C(=O)N2c2ccc(C(C)=O)cc2)cc1OCC. The number of carbonyl (C=O) groups is 2. The first kappa shape index (κ1) is 23.4. The zero-order chi connectivity index (χ0) is 25.4. The third-order valence-electron chi connectivity index (χ3n) is 6.21. The summed E-state index contributed by atoms with van der Waals surface area (Å²) in [6.45, 7) is 6.14. The molecule has 182 valence electrons. The molecule has 1 amide bonds. The molecule has 0 saturated carbocycles. The van der Waals surface area contributed by atoms with Crippen LogP contribution in [0.3, 0.4) is 0 Å². The van der Waals surface area contributed by atoms with E-state index < -0.39 is 11.9 Å². The summed E-state index contributed by atoms with van der Waals surface area (Å²) < 4.78 is 17.5. The van der Waals surface area contributed by atoms with Gasteiger partial charge in [-0.3, -0.25) is 19.3 Å². The molecule has 1 aliphatic rings. The van der Waals surface area contributed by atoms with Crippen molar-refractivity contribution in [2.45, 2.75) is 26.8 Å². The number of carbonyl (C=O) groups excluding carboxylic acids is 2. The topological polar surface area (TPSA) is 86.0 Å². The van der Waals surface area contributed by atoms with Crippen LogP contribution < -0.4 is 19.8 Å². The summed E-state index contributed by atoms with van der Waals surface area (Å²) in [4.78, 5) is 40.8. The Morgan fingerprint density at radius 2 is 1.61 bits per heavy atom. The third-order valence-corrected chi connectivity index (χ3v) is 6.21. The maximum atomic E-state index is 13.7.